The van der Waals surface area contributed by atoms with E-state index < -0.39 is 5.97 Å². The quantitative estimate of drug-likeness (QED) is 0.651. The number of likely N-dealkylation sites (tertiary alicyclic amines) is 1. The maximum Gasteiger partial charge on any atom is 0.325 e. The third-order valence-electron chi connectivity index (χ3n) is 5.96. The van der Waals surface area contributed by atoms with E-state index in [1.807, 2.05) is 0 Å². The molecule has 160 valence electrons. The number of hydrogen-bond donors (Lipinski definition) is 0. The maximum absolute atomic E-state index is 12.5. The van der Waals surface area contributed by atoms with Crippen LogP contribution in [-0.2, 0) is 9.53 Å². The molecule has 1 aliphatic carbocycles. The molecule has 7 nitrogen and oxygen atoms in total. The van der Waals surface area contributed by atoms with Crippen LogP contribution in [0.25, 0.3) is 0 Å². The number of piperidine rings is 1. The summed E-state index contributed by atoms with van der Waals surface area (Å²) >= 11 is 0. The van der Waals surface area contributed by atoms with Crippen LogP contribution < -0.4 is 9.47 Å². The summed E-state index contributed by atoms with van der Waals surface area (Å²) in [6.07, 6.45) is 7.55. The van der Waals surface area contributed by atoms with Crippen molar-refractivity contribution in [2.75, 3.05) is 40.9 Å². The van der Waals surface area contributed by atoms with Crippen LogP contribution in [0, 0.1) is 0 Å². The molecule has 1 heterocycles. The summed E-state index contributed by atoms with van der Waals surface area (Å²) in [6.45, 7) is 2.05. The number of carbonyl (C=O) groups is 2. The van der Waals surface area contributed by atoms with Crippen molar-refractivity contribution >= 4 is 11.9 Å². The Hall–Kier alpha value is -2.28. The Bertz CT molecular complexity index is 709. The fraction of sp³-hybridized carbons (Fsp3) is 0.636. The normalized spacial score (nSPS) is 18.4. The lowest BCUT2D eigenvalue weighted by Crippen LogP contribution is -2.43. The lowest BCUT2D eigenvalue weighted by molar-refractivity contribution is -0.141. The van der Waals surface area contributed by atoms with Gasteiger partial charge in [-0.1, -0.05) is 12.8 Å². The second-order valence-electron chi connectivity index (χ2n) is 7.89. The molecule has 7 heteroatoms. The van der Waals surface area contributed by atoms with Gasteiger partial charge in [-0.2, -0.15) is 0 Å². The number of benzene rings is 1. The van der Waals surface area contributed by atoms with Crippen molar-refractivity contribution in [3.8, 4) is 11.5 Å². The van der Waals surface area contributed by atoms with Crippen LogP contribution in [-0.4, -0.2) is 74.7 Å². The monoisotopic (exact) mass is 404 g/mol. The molecule has 0 aromatic heterocycles. The SMILES string of the molecule is COC(=O)CN(C)C(=O)c1ccc(OC2CCN(C3CCCC3)CC2)c(OC)c1. The third-order valence-corrected chi connectivity index (χ3v) is 5.96. The summed E-state index contributed by atoms with van der Waals surface area (Å²) in [5.74, 6) is 0.446. The minimum absolute atomic E-state index is 0.102. The van der Waals surface area contributed by atoms with Gasteiger partial charge in [0.15, 0.2) is 11.5 Å². The highest BCUT2D eigenvalue weighted by atomic mass is 16.5. The molecule has 0 bridgehead atoms. The number of amides is 1. The Morgan fingerprint density at radius 1 is 1.07 bits per heavy atom. The molecule has 1 saturated heterocycles. The molecular formula is C22H32N2O5. The van der Waals surface area contributed by atoms with Crippen LogP contribution in [0.2, 0.25) is 0 Å². The molecule has 0 atom stereocenters. The predicted octanol–water partition coefficient (Wildman–Crippen LogP) is 2.73. The van der Waals surface area contributed by atoms with Crippen molar-refractivity contribution in [2.24, 2.45) is 0 Å². The van der Waals surface area contributed by atoms with E-state index in [4.69, 9.17) is 9.47 Å². The maximum atomic E-state index is 12.5. The van der Waals surface area contributed by atoms with E-state index in [1.165, 1.54) is 37.7 Å². The average molecular weight is 405 g/mol. The van der Waals surface area contributed by atoms with Gasteiger partial charge in [-0.05, 0) is 43.9 Å². The summed E-state index contributed by atoms with van der Waals surface area (Å²) in [5.41, 5.74) is 0.441. The van der Waals surface area contributed by atoms with Gasteiger partial charge < -0.3 is 24.0 Å². The fourth-order valence-electron chi connectivity index (χ4n) is 4.26. The molecule has 1 saturated carbocycles. The lowest BCUT2D eigenvalue weighted by atomic mass is 10.0. The summed E-state index contributed by atoms with van der Waals surface area (Å²) in [6, 6.07) is 5.92. The van der Waals surface area contributed by atoms with E-state index in [-0.39, 0.29) is 18.6 Å². The van der Waals surface area contributed by atoms with Gasteiger partial charge in [-0.25, -0.2) is 0 Å². The molecule has 0 unspecified atom stereocenters. The zero-order valence-corrected chi connectivity index (χ0v) is 17.7. The van der Waals surface area contributed by atoms with Crippen molar-refractivity contribution in [2.45, 2.75) is 50.7 Å². The van der Waals surface area contributed by atoms with Gasteiger partial charge in [0.05, 0.1) is 14.2 Å². The number of ether oxygens (including phenoxy) is 3. The van der Waals surface area contributed by atoms with Crippen LogP contribution in [0.3, 0.4) is 0 Å². The van der Waals surface area contributed by atoms with Gasteiger partial charge in [0, 0.05) is 31.7 Å². The van der Waals surface area contributed by atoms with Gasteiger partial charge in [0.25, 0.3) is 5.91 Å². The van der Waals surface area contributed by atoms with Gasteiger partial charge in [-0.15, -0.1) is 0 Å². The first-order valence-electron chi connectivity index (χ1n) is 10.4. The summed E-state index contributed by atoms with van der Waals surface area (Å²) < 4.78 is 16.3. The van der Waals surface area contributed by atoms with E-state index >= 15 is 0 Å². The number of likely N-dealkylation sites (N-methyl/N-ethyl adjacent to an activating group) is 1. The summed E-state index contributed by atoms with van der Waals surface area (Å²) in [7, 11) is 4.43. The van der Waals surface area contributed by atoms with Crippen molar-refractivity contribution in [3.05, 3.63) is 23.8 Å². The molecule has 1 amide bonds. The molecule has 1 aliphatic heterocycles. The Balaban J connectivity index is 1.59. The van der Waals surface area contributed by atoms with Crippen LogP contribution in [0.15, 0.2) is 18.2 Å². The summed E-state index contributed by atoms with van der Waals surface area (Å²) in [4.78, 5) is 27.9. The number of rotatable bonds is 7. The third kappa shape index (κ3) is 5.41. The molecule has 1 aromatic rings. The van der Waals surface area contributed by atoms with E-state index in [9.17, 15) is 9.59 Å². The van der Waals surface area contributed by atoms with Gasteiger partial charge >= 0.3 is 5.97 Å². The number of nitrogens with zero attached hydrogens (tertiary/aromatic N) is 2. The molecule has 29 heavy (non-hydrogen) atoms. The highest BCUT2D eigenvalue weighted by Crippen LogP contribution is 2.32. The predicted molar refractivity (Wildman–Crippen MR) is 109 cm³/mol. The van der Waals surface area contributed by atoms with Gasteiger partial charge in [-0.3, -0.25) is 9.59 Å². The summed E-state index contributed by atoms with van der Waals surface area (Å²) in [5, 5.41) is 0. The molecule has 2 fully saturated rings. The molecule has 0 spiro atoms. The Labute approximate surface area is 172 Å². The minimum atomic E-state index is -0.461. The van der Waals surface area contributed by atoms with Crippen molar-refractivity contribution in [1.29, 1.82) is 0 Å². The molecule has 0 N–H and O–H groups in total. The molecule has 0 radical (unpaired) electrons. The Morgan fingerprint density at radius 2 is 1.76 bits per heavy atom. The Kier molecular flexibility index (Phi) is 7.36. The van der Waals surface area contributed by atoms with E-state index in [1.54, 1.807) is 32.4 Å². The van der Waals surface area contributed by atoms with Crippen LogP contribution in [0.4, 0.5) is 0 Å². The smallest absolute Gasteiger partial charge is 0.325 e. The van der Waals surface area contributed by atoms with Crippen molar-refractivity contribution < 1.29 is 23.8 Å². The topological polar surface area (TPSA) is 68.3 Å². The van der Waals surface area contributed by atoms with Crippen molar-refractivity contribution in [1.82, 2.24) is 9.80 Å². The van der Waals surface area contributed by atoms with Crippen LogP contribution >= 0.6 is 0 Å². The zero-order valence-electron chi connectivity index (χ0n) is 17.7. The van der Waals surface area contributed by atoms with Crippen LogP contribution in [0.1, 0.15) is 48.9 Å². The van der Waals surface area contributed by atoms with Crippen molar-refractivity contribution in [3.63, 3.8) is 0 Å². The molecule has 2 aliphatic rings. The molecule has 1 aromatic carbocycles. The first-order valence-corrected chi connectivity index (χ1v) is 10.4. The van der Waals surface area contributed by atoms with Crippen LogP contribution in [0.5, 0.6) is 11.5 Å². The number of esters is 1. The van der Waals surface area contributed by atoms with Gasteiger partial charge in [0.2, 0.25) is 0 Å². The Morgan fingerprint density at radius 3 is 2.38 bits per heavy atom. The highest BCUT2D eigenvalue weighted by molar-refractivity contribution is 5.96. The number of hydrogen-bond acceptors (Lipinski definition) is 6. The second-order valence-corrected chi connectivity index (χ2v) is 7.89. The van der Waals surface area contributed by atoms with Gasteiger partial charge in [0.1, 0.15) is 12.6 Å². The zero-order chi connectivity index (χ0) is 20.8. The van der Waals surface area contributed by atoms with E-state index in [0.717, 1.165) is 32.0 Å². The first kappa shape index (κ1) is 21.4. The second kappa shape index (κ2) is 9.96. The van der Waals surface area contributed by atoms with E-state index in [2.05, 4.69) is 9.64 Å². The number of carbonyl (C=O) groups excluding carboxylic acids is 2. The first-order chi connectivity index (χ1) is 14.0. The number of methoxy groups -OCH3 is 2. The average Bonchev–Trinajstić information content (AvgIpc) is 3.28. The largest absolute Gasteiger partial charge is 0.493 e. The fourth-order valence-corrected chi connectivity index (χ4v) is 4.26. The molecule has 3 rings (SSSR count). The standard InChI is InChI=1S/C22H32N2O5/c1-23(15-21(25)28-3)22(26)16-8-9-19(20(14-16)27-2)29-18-10-12-24(13-11-18)17-6-4-5-7-17/h8-9,14,17-18H,4-7,10-13,15H2,1-3H3. The molecular weight excluding hydrogens is 372 g/mol. The minimum Gasteiger partial charge on any atom is -0.493 e. The van der Waals surface area contributed by atoms with E-state index in [0.29, 0.717) is 17.1 Å². The highest BCUT2D eigenvalue weighted by Gasteiger charge is 2.28. The lowest BCUT2D eigenvalue weighted by Gasteiger charge is -2.36.